The zero-order valence-electron chi connectivity index (χ0n) is 7.29. The van der Waals surface area contributed by atoms with Crippen LogP contribution >= 0.6 is 11.3 Å². The summed E-state index contributed by atoms with van der Waals surface area (Å²) in [4.78, 5) is 1.32. The van der Waals surface area contributed by atoms with Crippen LogP contribution in [0.2, 0.25) is 0 Å². The smallest absolute Gasteiger partial charge is 0.0927 e. The van der Waals surface area contributed by atoms with Gasteiger partial charge in [0, 0.05) is 11.4 Å². The molecule has 0 saturated heterocycles. The van der Waals surface area contributed by atoms with Crippen molar-refractivity contribution in [3.63, 3.8) is 0 Å². The maximum absolute atomic E-state index is 8.52. The molecule has 1 heterocycles. The van der Waals surface area contributed by atoms with E-state index in [1.807, 2.05) is 6.92 Å². The Kier molecular flexibility index (Phi) is 3.27. The van der Waals surface area contributed by atoms with Gasteiger partial charge in [-0.15, -0.1) is 11.3 Å². The van der Waals surface area contributed by atoms with Crippen LogP contribution in [0.3, 0.4) is 0 Å². The molecule has 1 N–H and O–H groups in total. The summed E-state index contributed by atoms with van der Waals surface area (Å²) in [7, 11) is 0. The summed E-state index contributed by atoms with van der Waals surface area (Å²) in [6.07, 6.45) is 0. The second-order valence-electron chi connectivity index (χ2n) is 2.76. The molecule has 2 nitrogen and oxygen atoms in total. The van der Waals surface area contributed by atoms with Gasteiger partial charge in [-0.25, -0.2) is 0 Å². The van der Waals surface area contributed by atoms with Gasteiger partial charge in [0.05, 0.1) is 12.1 Å². The molecule has 12 heavy (non-hydrogen) atoms. The lowest BCUT2D eigenvalue weighted by molar-refractivity contribution is 0.646. The van der Waals surface area contributed by atoms with Gasteiger partial charge in [0.25, 0.3) is 0 Å². The molecule has 1 aromatic rings. The summed E-state index contributed by atoms with van der Waals surface area (Å²) in [6, 6.07) is 4.17. The molecule has 0 aliphatic carbocycles. The van der Waals surface area contributed by atoms with E-state index in [2.05, 4.69) is 29.8 Å². The van der Waals surface area contributed by atoms with E-state index >= 15 is 0 Å². The highest BCUT2D eigenvalue weighted by molar-refractivity contribution is 7.10. The quantitative estimate of drug-likeness (QED) is 0.772. The van der Waals surface area contributed by atoms with E-state index in [-0.39, 0.29) is 6.04 Å². The van der Waals surface area contributed by atoms with Crippen LogP contribution in [0.25, 0.3) is 0 Å². The van der Waals surface area contributed by atoms with Gasteiger partial charge in [0.2, 0.25) is 0 Å². The van der Waals surface area contributed by atoms with Crippen LogP contribution < -0.4 is 5.32 Å². The Morgan fingerprint density at radius 1 is 1.75 bits per heavy atom. The normalized spacial score (nSPS) is 12.4. The van der Waals surface area contributed by atoms with E-state index in [4.69, 9.17) is 5.26 Å². The highest BCUT2D eigenvalue weighted by Crippen LogP contribution is 2.14. The van der Waals surface area contributed by atoms with Gasteiger partial charge in [-0.3, -0.25) is 5.32 Å². The van der Waals surface area contributed by atoms with Gasteiger partial charge in [0.1, 0.15) is 0 Å². The Morgan fingerprint density at radius 2 is 2.50 bits per heavy atom. The molecule has 64 valence electrons. The van der Waals surface area contributed by atoms with Crippen LogP contribution in [-0.2, 0) is 6.54 Å². The number of nitrogens with one attached hydrogen (secondary N) is 1. The van der Waals surface area contributed by atoms with E-state index in [0.717, 1.165) is 6.54 Å². The molecule has 0 bridgehead atoms. The second kappa shape index (κ2) is 4.24. The first-order chi connectivity index (χ1) is 5.74. The lowest BCUT2D eigenvalue weighted by Crippen LogP contribution is -2.23. The number of nitriles is 1. The largest absolute Gasteiger partial charge is 0.297 e. The molecule has 0 amide bonds. The monoisotopic (exact) mass is 180 g/mol. The molecule has 0 radical (unpaired) electrons. The summed E-state index contributed by atoms with van der Waals surface area (Å²) < 4.78 is 0. The van der Waals surface area contributed by atoms with E-state index < -0.39 is 0 Å². The minimum Gasteiger partial charge on any atom is -0.297 e. The zero-order chi connectivity index (χ0) is 8.97. The fourth-order valence-electron chi connectivity index (χ4n) is 0.877. The second-order valence-corrected chi connectivity index (χ2v) is 3.76. The van der Waals surface area contributed by atoms with Gasteiger partial charge < -0.3 is 0 Å². The topological polar surface area (TPSA) is 35.8 Å². The molecule has 0 aliphatic heterocycles. The van der Waals surface area contributed by atoms with Crippen LogP contribution in [0.4, 0.5) is 0 Å². The van der Waals surface area contributed by atoms with Crippen LogP contribution in [-0.4, -0.2) is 6.04 Å². The van der Waals surface area contributed by atoms with Crippen molar-refractivity contribution in [1.29, 1.82) is 5.26 Å². The third-order valence-electron chi connectivity index (χ3n) is 1.73. The number of nitrogens with zero attached hydrogens (tertiary/aromatic N) is 1. The SMILES string of the molecule is Cc1ccsc1CNC(C)C#N. The van der Waals surface area contributed by atoms with Crippen molar-refractivity contribution >= 4 is 11.3 Å². The molecule has 1 rings (SSSR count). The van der Waals surface area contributed by atoms with Crippen LogP contribution in [0.15, 0.2) is 11.4 Å². The Hall–Kier alpha value is -0.850. The van der Waals surface area contributed by atoms with Crippen LogP contribution in [0.5, 0.6) is 0 Å². The summed E-state index contributed by atoms with van der Waals surface area (Å²) in [5, 5.41) is 13.7. The minimum atomic E-state index is -0.0634. The molecular weight excluding hydrogens is 168 g/mol. The molecular formula is C9H12N2S. The molecule has 1 aromatic heterocycles. The van der Waals surface area contributed by atoms with Gasteiger partial charge in [0.15, 0.2) is 0 Å². The Balaban J connectivity index is 2.44. The van der Waals surface area contributed by atoms with Crippen molar-refractivity contribution in [3.05, 3.63) is 21.9 Å². The first kappa shape index (κ1) is 9.24. The van der Waals surface area contributed by atoms with Crippen molar-refractivity contribution in [2.45, 2.75) is 26.4 Å². The predicted octanol–water partition coefficient (Wildman–Crippen LogP) is 2.06. The highest BCUT2D eigenvalue weighted by atomic mass is 32.1. The van der Waals surface area contributed by atoms with Gasteiger partial charge in [-0.2, -0.15) is 5.26 Å². The number of rotatable bonds is 3. The fourth-order valence-corrected chi connectivity index (χ4v) is 1.73. The maximum atomic E-state index is 8.52. The van der Waals surface area contributed by atoms with Gasteiger partial charge in [-0.05, 0) is 30.9 Å². The average Bonchev–Trinajstić information content (AvgIpc) is 2.47. The average molecular weight is 180 g/mol. The van der Waals surface area contributed by atoms with Crippen molar-refractivity contribution in [3.8, 4) is 6.07 Å². The van der Waals surface area contributed by atoms with Gasteiger partial charge in [-0.1, -0.05) is 0 Å². The molecule has 0 aromatic carbocycles. The minimum absolute atomic E-state index is 0.0634. The summed E-state index contributed by atoms with van der Waals surface area (Å²) in [5.74, 6) is 0. The van der Waals surface area contributed by atoms with E-state index in [1.165, 1.54) is 10.4 Å². The molecule has 0 saturated carbocycles. The molecule has 3 heteroatoms. The lowest BCUT2D eigenvalue weighted by atomic mass is 10.3. The van der Waals surface area contributed by atoms with Crippen molar-refractivity contribution in [2.24, 2.45) is 0 Å². The maximum Gasteiger partial charge on any atom is 0.0927 e. The Labute approximate surface area is 76.8 Å². The highest BCUT2D eigenvalue weighted by Gasteiger charge is 2.01. The summed E-state index contributed by atoms with van der Waals surface area (Å²) in [6.45, 7) is 4.76. The van der Waals surface area contributed by atoms with E-state index in [9.17, 15) is 0 Å². The third kappa shape index (κ3) is 2.33. The Morgan fingerprint density at radius 3 is 3.00 bits per heavy atom. The molecule has 0 fully saturated rings. The Bertz CT molecular complexity index is 285. The number of hydrogen-bond acceptors (Lipinski definition) is 3. The number of thiophene rings is 1. The molecule has 1 atom stereocenters. The molecule has 0 spiro atoms. The van der Waals surface area contributed by atoms with Crippen LogP contribution in [0, 0.1) is 18.3 Å². The van der Waals surface area contributed by atoms with Gasteiger partial charge >= 0.3 is 0 Å². The lowest BCUT2D eigenvalue weighted by Gasteiger charge is -2.04. The van der Waals surface area contributed by atoms with E-state index in [0.29, 0.717) is 0 Å². The summed E-state index contributed by atoms with van der Waals surface area (Å²) >= 11 is 1.73. The zero-order valence-corrected chi connectivity index (χ0v) is 8.11. The van der Waals surface area contributed by atoms with Crippen molar-refractivity contribution < 1.29 is 0 Å². The third-order valence-corrected chi connectivity index (χ3v) is 2.75. The van der Waals surface area contributed by atoms with Crippen molar-refractivity contribution in [2.75, 3.05) is 0 Å². The first-order valence-corrected chi connectivity index (χ1v) is 4.78. The fraction of sp³-hybridized carbons (Fsp3) is 0.444. The van der Waals surface area contributed by atoms with Crippen LogP contribution in [0.1, 0.15) is 17.4 Å². The van der Waals surface area contributed by atoms with Crippen molar-refractivity contribution in [1.82, 2.24) is 5.32 Å². The van der Waals surface area contributed by atoms with E-state index in [1.54, 1.807) is 11.3 Å². The number of hydrogen-bond donors (Lipinski definition) is 1. The molecule has 1 unspecified atom stereocenters. The molecule has 0 aliphatic rings. The number of aryl methyl sites for hydroxylation is 1. The summed E-state index contributed by atoms with van der Waals surface area (Å²) in [5.41, 5.74) is 1.30. The predicted molar refractivity (Wildman–Crippen MR) is 51.0 cm³/mol. The standard InChI is InChI=1S/C9H12N2S/c1-7-3-4-12-9(7)6-11-8(2)5-10/h3-4,8,11H,6H2,1-2H3. The first-order valence-electron chi connectivity index (χ1n) is 3.90.